The Labute approximate surface area is 121 Å². The van der Waals surface area contributed by atoms with Crippen molar-refractivity contribution in [1.82, 2.24) is 10.2 Å². The first-order valence-corrected chi connectivity index (χ1v) is 6.33. The number of halogens is 1. The summed E-state index contributed by atoms with van der Waals surface area (Å²) in [6, 6.07) is 5.52. The summed E-state index contributed by atoms with van der Waals surface area (Å²) in [5.41, 5.74) is 5.57. The first kappa shape index (κ1) is 16.0. The number of nitrogens with zero attached hydrogens (tertiary/aromatic N) is 1. The van der Waals surface area contributed by atoms with Crippen molar-refractivity contribution in [2.75, 3.05) is 13.6 Å². The van der Waals surface area contributed by atoms with Gasteiger partial charge < -0.3 is 16.0 Å². The van der Waals surface area contributed by atoms with Gasteiger partial charge >= 0.3 is 11.8 Å². The molecule has 0 saturated heterocycles. The molecular weight excluding hydrogens is 281 g/mol. The number of hydrogen-bond acceptors (Lipinski definition) is 3. The number of nitrogens with one attached hydrogen (secondary N) is 1. The van der Waals surface area contributed by atoms with E-state index < -0.39 is 23.7 Å². The maximum Gasteiger partial charge on any atom is 0.312 e. The average molecular weight is 297 g/mol. The quantitative estimate of drug-likeness (QED) is 0.635. The average Bonchev–Trinajstić information content (AvgIpc) is 2.42. The van der Waals surface area contributed by atoms with Crippen molar-refractivity contribution in [2.24, 2.45) is 5.73 Å². The molecule has 1 aromatic rings. The van der Waals surface area contributed by atoms with E-state index in [0.717, 1.165) is 4.90 Å². The lowest BCUT2D eigenvalue weighted by atomic mass is 10.1. The highest BCUT2D eigenvalue weighted by atomic mass is 32.1. The van der Waals surface area contributed by atoms with Crippen LogP contribution in [0.25, 0.3) is 0 Å². The summed E-state index contributed by atoms with van der Waals surface area (Å²) >= 11 is 4.60. The van der Waals surface area contributed by atoms with Gasteiger partial charge in [-0.15, -0.1) is 0 Å². The summed E-state index contributed by atoms with van der Waals surface area (Å²) in [4.78, 5) is 24.7. The molecule has 0 spiro atoms. The number of amides is 2. The Morgan fingerprint density at radius 1 is 1.45 bits per heavy atom. The van der Waals surface area contributed by atoms with Gasteiger partial charge in [0, 0.05) is 12.6 Å². The third-order valence-electron chi connectivity index (χ3n) is 2.87. The second-order valence-electron chi connectivity index (χ2n) is 4.26. The zero-order valence-electron chi connectivity index (χ0n) is 11.2. The standard InChI is InChI=1S/C13H16FN3O2S/c1-8(9-5-3-4-6-10(9)14)17(2)13(19)12(18)16-7-11(15)20/h3-6,8H,7H2,1-2H3,(H2,15,20)(H,16,18). The fourth-order valence-electron chi connectivity index (χ4n) is 1.60. The molecule has 0 heterocycles. The Bertz CT molecular complexity index is 536. The van der Waals surface area contributed by atoms with E-state index in [2.05, 4.69) is 17.5 Å². The van der Waals surface area contributed by atoms with Gasteiger partial charge in [0.15, 0.2) is 0 Å². The van der Waals surface area contributed by atoms with Crippen LogP contribution in [0, 0.1) is 5.82 Å². The van der Waals surface area contributed by atoms with Gasteiger partial charge in [-0.2, -0.15) is 0 Å². The zero-order valence-corrected chi connectivity index (χ0v) is 12.0. The fourth-order valence-corrected chi connectivity index (χ4v) is 1.67. The maximum atomic E-state index is 13.6. The van der Waals surface area contributed by atoms with Crippen molar-refractivity contribution >= 4 is 29.0 Å². The van der Waals surface area contributed by atoms with Crippen LogP contribution in [0.1, 0.15) is 18.5 Å². The largest absolute Gasteiger partial charge is 0.392 e. The highest BCUT2D eigenvalue weighted by Gasteiger charge is 2.24. The molecule has 1 atom stereocenters. The number of hydrogen-bond donors (Lipinski definition) is 2. The van der Waals surface area contributed by atoms with E-state index >= 15 is 0 Å². The van der Waals surface area contributed by atoms with Gasteiger partial charge in [0.2, 0.25) is 0 Å². The number of benzene rings is 1. The van der Waals surface area contributed by atoms with E-state index in [0.29, 0.717) is 5.56 Å². The molecule has 108 valence electrons. The zero-order chi connectivity index (χ0) is 15.3. The van der Waals surface area contributed by atoms with Gasteiger partial charge in [-0.25, -0.2) is 4.39 Å². The van der Waals surface area contributed by atoms with Gasteiger partial charge in [0.1, 0.15) is 5.82 Å². The number of carbonyl (C=O) groups is 2. The molecule has 7 heteroatoms. The summed E-state index contributed by atoms with van der Waals surface area (Å²) in [5.74, 6) is -2.04. The normalized spacial score (nSPS) is 11.6. The first-order valence-electron chi connectivity index (χ1n) is 5.92. The van der Waals surface area contributed by atoms with Gasteiger partial charge in [-0.1, -0.05) is 30.4 Å². The van der Waals surface area contributed by atoms with Crippen LogP contribution < -0.4 is 11.1 Å². The fraction of sp³-hybridized carbons (Fsp3) is 0.308. The minimum Gasteiger partial charge on any atom is -0.392 e. The van der Waals surface area contributed by atoms with E-state index in [4.69, 9.17) is 5.73 Å². The number of thiocarbonyl (C=S) groups is 1. The second kappa shape index (κ2) is 6.95. The van der Waals surface area contributed by atoms with Crippen molar-refractivity contribution in [3.05, 3.63) is 35.6 Å². The third-order valence-corrected chi connectivity index (χ3v) is 3.02. The SMILES string of the molecule is CC(c1ccccc1F)N(C)C(=O)C(=O)NCC(N)=S. The highest BCUT2D eigenvalue weighted by molar-refractivity contribution is 7.80. The number of carbonyl (C=O) groups excluding carboxylic acids is 2. The van der Waals surface area contributed by atoms with Crippen molar-refractivity contribution < 1.29 is 14.0 Å². The molecule has 0 fully saturated rings. The summed E-state index contributed by atoms with van der Waals surface area (Å²) < 4.78 is 13.6. The van der Waals surface area contributed by atoms with Crippen molar-refractivity contribution in [1.29, 1.82) is 0 Å². The predicted octanol–water partition coefficient (Wildman–Crippen LogP) is 0.747. The first-order chi connectivity index (χ1) is 9.34. The van der Waals surface area contributed by atoms with E-state index in [1.165, 1.54) is 13.1 Å². The lowest BCUT2D eigenvalue weighted by Gasteiger charge is -2.25. The Hall–Kier alpha value is -2.02. The second-order valence-corrected chi connectivity index (χ2v) is 4.79. The summed E-state index contributed by atoms with van der Waals surface area (Å²) in [6.07, 6.45) is 0. The minimum absolute atomic E-state index is 0.0537. The Balaban J connectivity index is 2.76. The molecule has 0 bridgehead atoms. The van der Waals surface area contributed by atoms with Gasteiger partial charge in [-0.3, -0.25) is 9.59 Å². The van der Waals surface area contributed by atoms with Crippen molar-refractivity contribution in [3.8, 4) is 0 Å². The molecule has 20 heavy (non-hydrogen) atoms. The smallest absolute Gasteiger partial charge is 0.312 e. The molecule has 5 nitrogen and oxygen atoms in total. The molecule has 1 rings (SSSR count). The molecule has 0 aliphatic heterocycles. The molecule has 0 aliphatic carbocycles. The molecule has 0 aromatic heterocycles. The highest BCUT2D eigenvalue weighted by Crippen LogP contribution is 2.21. The predicted molar refractivity (Wildman–Crippen MR) is 77.4 cm³/mol. The van der Waals surface area contributed by atoms with Crippen LogP contribution in [0.5, 0.6) is 0 Å². The van der Waals surface area contributed by atoms with Crippen LogP contribution in [0.3, 0.4) is 0 Å². The minimum atomic E-state index is -0.830. The molecule has 2 amide bonds. The Morgan fingerprint density at radius 2 is 2.05 bits per heavy atom. The topological polar surface area (TPSA) is 75.4 Å². The molecule has 3 N–H and O–H groups in total. The van der Waals surface area contributed by atoms with Crippen LogP contribution >= 0.6 is 12.2 Å². The lowest BCUT2D eigenvalue weighted by Crippen LogP contribution is -2.44. The third kappa shape index (κ3) is 3.99. The van der Waals surface area contributed by atoms with Crippen molar-refractivity contribution in [3.63, 3.8) is 0 Å². The number of likely N-dealkylation sites (N-methyl/N-ethyl adjacent to an activating group) is 1. The van der Waals surface area contributed by atoms with Gasteiger partial charge in [-0.05, 0) is 13.0 Å². The molecule has 0 radical (unpaired) electrons. The molecule has 0 saturated carbocycles. The molecular formula is C13H16FN3O2S. The number of rotatable bonds is 4. The van der Waals surface area contributed by atoms with E-state index in [1.54, 1.807) is 25.1 Å². The van der Waals surface area contributed by atoms with Crippen LogP contribution in [-0.2, 0) is 9.59 Å². The van der Waals surface area contributed by atoms with Gasteiger partial charge in [0.25, 0.3) is 0 Å². The van der Waals surface area contributed by atoms with Crippen LogP contribution in [0.15, 0.2) is 24.3 Å². The summed E-state index contributed by atoms with van der Waals surface area (Å²) in [5, 5.41) is 2.29. The Morgan fingerprint density at radius 3 is 2.60 bits per heavy atom. The van der Waals surface area contributed by atoms with E-state index in [1.807, 2.05) is 0 Å². The Kier molecular flexibility index (Phi) is 5.57. The van der Waals surface area contributed by atoms with Crippen LogP contribution in [0.4, 0.5) is 4.39 Å². The molecule has 1 unspecified atom stereocenters. The number of nitrogens with two attached hydrogens (primary N) is 1. The lowest BCUT2D eigenvalue weighted by molar-refractivity contribution is -0.146. The summed E-state index contributed by atoms with van der Waals surface area (Å²) in [7, 11) is 1.43. The maximum absolute atomic E-state index is 13.6. The van der Waals surface area contributed by atoms with E-state index in [9.17, 15) is 14.0 Å². The molecule has 0 aliphatic rings. The van der Waals surface area contributed by atoms with Crippen LogP contribution in [0.2, 0.25) is 0 Å². The van der Waals surface area contributed by atoms with Crippen LogP contribution in [-0.4, -0.2) is 35.3 Å². The van der Waals surface area contributed by atoms with E-state index in [-0.39, 0.29) is 11.5 Å². The summed E-state index contributed by atoms with van der Waals surface area (Å²) in [6.45, 7) is 1.58. The monoisotopic (exact) mass is 297 g/mol. The van der Waals surface area contributed by atoms with Gasteiger partial charge in [0.05, 0.1) is 17.6 Å². The van der Waals surface area contributed by atoms with Crippen molar-refractivity contribution in [2.45, 2.75) is 13.0 Å². The molecule has 1 aromatic carbocycles.